The van der Waals surface area contributed by atoms with E-state index in [2.05, 4.69) is 21.2 Å². The Kier molecular flexibility index (Phi) is 11.5. The van der Waals surface area contributed by atoms with Crippen LogP contribution >= 0.6 is 23.2 Å². The summed E-state index contributed by atoms with van der Waals surface area (Å²) in [6.07, 6.45) is 0.136. The molecule has 3 aromatic rings. The maximum Gasteiger partial charge on any atom is 0.337 e. The number of halogens is 3. The van der Waals surface area contributed by atoms with Gasteiger partial charge in [-0.15, -0.1) is 0 Å². The number of carbonyl (C=O) groups is 2. The van der Waals surface area contributed by atoms with E-state index in [1.54, 1.807) is 50.2 Å². The molecule has 0 unspecified atom stereocenters. The van der Waals surface area contributed by atoms with E-state index in [0.717, 1.165) is 5.56 Å². The summed E-state index contributed by atoms with van der Waals surface area (Å²) in [6, 6.07) is 12.6. The predicted octanol–water partition coefficient (Wildman–Crippen LogP) is 5.23. The number of esters is 1. The van der Waals surface area contributed by atoms with E-state index in [1.807, 2.05) is 0 Å². The summed E-state index contributed by atoms with van der Waals surface area (Å²) >= 11 is 12.5. The van der Waals surface area contributed by atoms with Crippen molar-refractivity contribution >= 4 is 41.4 Å². The van der Waals surface area contributed by atoms with Crippen molar-refractivity contribution in [2.24, 2.45) is 5.10 Å². The van der Waals surface area contributed by atoms with E-state index >= 15 is 0 Å². The number of urea groups is 1. The van der Waals surface area contributed by atoms with E-state index in [9.17, 15) is 19.1 Å². The molecule has 0 bridgehead atoms. The van der Waals surface area contributed by atoms with Gasteiger partial charge in [-0.1, -0.05) is 41.4 Å². The fourth-order valence-corrected chi connectivity index (χ4v) is 4.94. The first-order chi connectivity index (χ1) is 21.6. The molecule has 2 amide bonds. The minimum atomic E-state index is -1.24. The lowest BCUT2D eigenvalue weighted by Crippen LogP contribution is -2.45. The van der Waals surface area contributed by atoms with Gasteiger partial charge in [0.25, 0.3) is 0 Å². The molecule has 0 saturated heterocycles. The number of allylic oxidation sites excluding steroid dienone is 1. The number of hydrogen-bond acceptors (Lipinski definition) is 9. The second-order valence-electron chi connectivity index (χ2n) is 9.64. The fourth-order valence-electron chi connectivity index (χ4n) is 4.38. The molecule has 0 spiro atoms. The van der Waals surface area contributed by atoms with E-state index in [4.69, 9.17) is 42.1 Å². The highest BCUT2D eigenvalue weighted by Gasteiger charge is 2.32. The summed E-state index contributed by atoms with van der Waals surface area (Å²) in [7, 11) is 1.26. The zero-order valence-corrected chi connectivity index (χ0v) is 26.0. The van der Waals surface area contributed by atoms with Gasteiger partial charge >= 0.3 is 12.0 Å². The maximum absolute atomic E-state index is 13.2. The van der Waals surface area contributed by atoms with Crippen LogP contribution in [0.4, 0.5) is 9.18 Å². The number of rotatable bonds is 13. The van der Waals surface area contributed by atoms with E-state index in [1.165, 1.54) is 31.5 Å². The molecule has 11 nitrogen and oxygen atoms in total. The van der Waals surface area contributed by atoms with Crippen molar-refractivity contribution in [1.29, 1.82) is 0 Å². The van der Waals surface area contributed by atoms with Crippen molar-refractivity contribution in [1.82, 2.24) is 16.1 Å². The highest BCUT2D eigenvalue weighted by atomic mass is 35.5. The van der Waals surface area contributed by atoms with Crippen molar-refractivity contribution in [2.75, 3.05) is 20.3 Å². The fraction of sp³-hybridized carbons (Fsp3) is 0.258. The van der Waals surface area contributed by atoms with Crippen LogP contribution in [0.25, 0.3) is 0 Å². The number of ether oxygens (including phenoxy) is 4. The highest BCUT2D eigenvalue weighted by molar-refractivity contribution is 6.36. The van der Waals surface area contributed by atoms with E-state index < -0.39 is 24.3 Å². The van der Waals surface area contributed by atoms with Crippen LogP contribution < -0.4 is 30.3 Å². The quantitative estimate of drug-likeness (QED) is 0.0846. The van der Waals surface area contributed by atoms with Crippen molar-refractivity contribution in [2.45, 2.75) is 32.7 Å². The summed E-state index contributed by atoms with van der Waals surface area (Å²) < 4.78 is 35.5. The van der Waals surface area contributed by atoms with E-state index in [0.29, 0.717) is 45.7 Å². The Balaban J connectivity index is 1.42. The molecule has 0 aromatic heterocycles. The molecule has 0 radical (unpaired) electrons. The molecule has 2 atom stereocenters. The van der Waals surface area contributed by atoms with Gasteiger partial charge in [0, 0.05) is 16.3 Å². The number of amides is 2. The Morgan fingerprint density at radius 2 is 1.87 bits per heavy atom. The Bertz CT molecular complexity index is 1600. The molecule has 0 fully saturated rings. The van der Waals surface area contributed by atoms with Crippen LogP contribution in [-0.4, -0.2) is 49.9 Å². The van der Waals surface area contributed by atoms with Crippen LogP contribution in [0.15, 0.2) is 71.0 Å². The molecule has 1 aliphatic heterocycles. The van der Waals surface area contributed by atoms with Crippen LogP contribution in [0.3, 0.4) is 0 Å². The van der Waals surface area contributed by atoms with Crippen molar-refractivity contribution in [3.05, 3.63) is 98.4 Å². The first-order valence-electron chi connectivity index (χ1n) is 13.7. The zero-order valence-electron chi connectivity index (χ0n) is 24.5. The maximum atomic E-state index is 13.2. The third-order valence-electron chi connectivity index (χ3n) is 6.43. The largest absolute Gasteiger partial charge is 0.490 e. The average molecular weight is 662 g/mol. The highest BCUT2D eigenvalue weighted by Crippen LogP contribution is 2.35. The van der Waals surface area contributed by atoms with Crippen LogP contribution in [0.2, 0.25) is 10.0 Å². The molecular weight excluding hydrogens is 630 g/mol. The molecule has 4 N–H and O–H groups in total. The Hall–Kier alpha value is -4.52. The smallest absolute Gasteiger partial charge is 0.337 e. The summed E-state index contributed by atoms with van der Waals surface area (Å²) in [5.41, 5.74) is 4.90. The lowest BCUT2D eigenvalue weighted by molar-refractivity contribution is -0.136. The number of hydrogen-bond donors (Lipinski definition) is 4. The second kappa shape index (κ2) is 15.5. The first-order valence-corrected chi connectivity index (χ1v) is 14.4. The monoisotopic (exact) mass is 660 g/mol. The molecule has 14 heteroatoms. The minimum Gasteiger partial charge on any atom is -0.490 e. The van der Waals surface area contributed by atoms with Crippen LogP contribution in [0.5, 0.6) is 17.2 Å². The second-order valence-corrected chi connectivity index (χ2v) is 10.5. The number of nitrogens with zero attached hydrogens (tertiary/aromatic N) is 1. The number of methoxy groups -OCH3 is 1. The summed E-state index contributed by atoms with van der Waals surface area (Å²) in [6.45, 7) is 3.60. The standard InChI is InChI=1S/C31H31Cl2FN4O7/c1-4-43-25-12-19(28-27(30(40)42-3)17(2)36-31(41)37-28)7-10-24(25)44-16-26(39)38-35-14-20-11-21(32)13-23(33)29(20)45-15-18-5-8-22(34)9-6-18/h5-14,26,28,38-39H,4,15-16H2,1-3H3,(H2,36,37,41)/b35-14+/t26-,28-/m1/s1. The van der Waals surface area contributed by atoms with Gasteiger partial charge in [-0.25, -0.2) is 14.0 Å². The zero-order chi connectivity index (χ0) is 32.5. The number of aliphatic hydroxyl groups excluding tert-OH is 1. The van der Waals surface area contributed by atoms with Crippen LogP contribution in [-0.2, 0) is 16.1 Å². The van der Waals surface area contributed by atoms with Gasteiger partial charge in [-0.3, -0.25) is 5.43 Å². The Labute approximate surface area is 268 Å². The lowest BCUT2D eigenvalue weighted by atomic mass is 9.95. The molecule has 3 aromatic carbocycles. The predicted molar refractivity (Wildman–Crippen MR) is 166 cm³/mol. The molecule has 45 heavy (non-hydrogen) atoms. The van der Waals surface area contributed by atoms with Gasteiger partial charge in [0.2, 0.25) is 0 Å². The third-order valence-corrected chi connectivity index (χ3v) is 6.93. The van der Waals surface area contributed by atoms with Crippen LogP contribution in [0.1, 0.15) is 36.6 Å². The normalized spacial score (nSPS) is 15.3. The van der Waals surface area contributed by atoms with Gasteiger partial charge in [0.15, 0.2) is 17.7 Å². The van der Waals surface area contributed by atoms with E-state index in [-0.39, 0.29) is 29.6 Å². The van der Waals surface area contributed by atoms with Gasteiger partial charge in [-0.05, 0) is 61.4 Å². The summed E-state index contributed by atoms with van der Waals surface area (Å²) in [5.74, 6) is -0.0103. The average Bonchev–Trinajstić information content (AvgIpc) is 3.00. The number of carbonyl (C=O) groups excluding carboxylic acids is 2. The number of nitrogens with one attached hydrogen (secondary N) is 3. The van der Waals surface area contributed by atoms with Gasteiger partial charge < -0.3 is 34.7 Å². The molecule has 1 heterocycles. The summed E-state index contributed by atoms with van der Waals surface area (Å²) in [5, 5.41) is 20.4. The van der Waals surface area contributed by atoms with Crippen molar-refractivity contribution < 1.29 is 38.0 Å². The van der Waals surface area contributed by atoms with Gasteiger partial charge in [0.05, 0.1) is 36.6 Å². The molecule has 1 aliphatic rings. The molecule has 0 aliphatic carbocycles. The SMILES string of the molecule is CCOc1cc([C@H]2NC(=O)NC(C)=C2C(=O)OC)ccc1OC[C@@H](O)N/N=C/c1cc(Cl)cc(Cl)c1OCc1ccc(F)cc1. The number of aliphatic hydroxyl groups is 1. The Morgan fingerprint density at radius 3 is 2.58 bits per heavy atom. The minimum absolute atomic E-state index is 0.122. The van der Waals surface area contributed by atoms with Crippen molar-refractivity contribution in [3.8, 4) is 17.2 Å². The molecule has 238 valence electrons. The first kappa shape index (κ1) is 33.4. The topological polar surface area (TPSA) is 140 Å². The molecule has 4 rings (SSSR count). The van der Waals surface area contributed by atoms with Crippen LogP contribution in [0, 0.1) is 5.82 Å². The third kappa shape index (κ3) is 8.78. The molecule has 0 saturated carbocycles. The number of benzene rings is 3. The number of hydrazone groups is 1. The molecular formula is C31H31Cl2FN4O7. The van der Waals surface area contributed by atoms with Gasteiger partial charge in [0.1, 0.15) is 24.8 Å². The van der Waals surface area contributed by atoms with Gasteiger partial charge in [-0.2, -0.15) is 5.10 Å². The Morgan fingerprint density at radius 1 is 1.11 bits per heavy atom. The summed E-state index contributed by atoms with van der Waals surface area (Å²) in [4.78, 5) is 24.6. The van der Waals surface area contributed by atoms with Crippen molar-refractivity contribution in [3.63, 3.8) is 0 Å². The lowest BCUT2D eigenvalue weighted by Gasteiger charge is -2.28.